The molecule has 0 aliphatic carbocycles. The third-order valence-corrected chi connectivity index (χ3v) is 6.52. The second-order valence-electron chi connectivity index (χ2n) is 6.10. The van der Waals surface area contributed by atoms with Gasteiger partial charge in [0.15, 0.2) is 9.84 Å². The lowest BCUT2D eigenvalue weighted by atomic mass is 10.2. The summed E-state index contributed by atoms with van der Waals surface area (Å²) in [6.45, 7) is 1.85. The molecule has 0 unspecified atom stereocenters. The van der Waals surface area contributed by atoms with Crippen LogP contribution in [0.5, 0.6) is 0 Å². The van der Waals surface area contributed by atoms with E-state index in [1.165, 1.54) is 11.8 Å². The summed E-state index contributed by atoms with van der Waals surface area (Å²) in [7, 11) is -3.26. The van der Waals surface area contributed by atoms with E-state index >= 15 is 0 Å². The quantitative estimate of drug-likeness (QED) is 0.705. The number of nitrogens with zero attached hydrogens (tertiary/aromatic N) is 2. The predicted molar refractivity (Wildman–Crippen MR) is 102 cm³/mol. The molecule has 0 amide bonds. The zero-order valence-corrected chi connectivity index (χ0v) is 16.3. The summed E-state index contributed by atoms with van der Waals surface area (Å²) < 4.78 is 25.0. The van der Waals surface area contributed by atoms with Gasteiger partial charge in [-0.05, 0) is 48.9 Å². The number of fused-ring (bicyclic) bond motifs is 1. The number of rotatable bonds is 5. The summed E-state index contributed by atoms with van der Waals surface area (Å²) in [5, 5.41) is 18.4. The van der Waals surface area contributed by atoms with Crippen LogP contribution in [0.4, 0.5) is 0 Å². The van der Waals surface area contributed by atoms with Gasteiger partial charge in [-0.1, -0.05) is 11.8 Å². The smallest absolute Gasteiger partial charge is 0.309 e. The van der Waals surface area contributed by atoms with Gasteiger partial charge in [-0.15, -0.1) is 0 Å². The predicted octanol–water partition coefficient (Wildman–Crippen LogP) is 3.30. The molecule has 0 atom stereocenters. The number of carboxylic acid groups (broad SMARTS) is 1. The van der Waals surface area contributed by atoms with E-state index in [2.05, 4.69) is 6.07 Å². The number of hydrogen-bond acceptors (Lipinski definition) is 5. The Hall–Kier alpha value is -2.76. The van der Waals surface area contributed by atoms with Crippen LogP contribution >= 0.6 is 11.8 Å². The van der Waals surface area contributed by atoms with E-state index in [9.17, 15) is 18.3 Å². The molecule has 0 radical (unpaired) electrons. The van der Waals surface area contributed by atoms with Gasteiger partial charge in [-0.25, -0.2) is 8.42 Å². The molecular formula is C19H16N2O4S2. The number of carbonyl (C=O) groups is 1. The fraction of sp³-hybridized carbons (Fsp3) is 0.158. The Labute approximate surface area is 161 Å². The lowest BCUT2D eigenvalue weighted by molar-refractivity contribution is -0.136. The number of nitriles is 1. The monoisotopic (exact) mass is 400 g/mol. The van der Waals surface area contributed by atoms with Crippen molar-refractivity contribution in [3.05, 3.63) is 59.4 Å². The van der Waals surface area contributed by atoms with Crippen LogP contribution in [-0.2, 0) is 21.1 Å². The molecule has 0 aliphatic heterocycles. The van der Waals surface area contributed by atoms with Gasteiger partial charge in [0, 0.05) is 27.9 Å². The maximum atomic E-state index is 11.6. The maximum Gasteiger partial charge on any atom is 0.309 e. The van der Waals surface area contributed by atoms with Gasteiger partial charge in [-0.3, -0.25) is 4.79 Å². The number of pyridine rings is 1. The number of aromatic nitrogens is 1. The molecule has 3 aromatic rings. The highest BCUT2D eigenvalue weighted by Crippen LogP contribution is 2.37. The van der Waals surface area contributed by atoms with Gasteiger partial charge in [0.2, 0.25) is 0 Å². The standard InChI is InChI=1S/C19H16N2O4S2/c1-12-17(9-18(22)23)21-11-13(10-20)3-8-16(21)19(12)26-14-4-6-15(7-5-14)27(2,24)25/h3-8,11H,9H2,1-2H3,(H,22,23). The van der Waals surface area contributed by atoms with E-state index in [1.54, 1.807) is 47.0 Å². The third-order valence-electron chi connectivity index (χ3n) is 4.16. The number of hydrogen-bond donors (Lipinski definition) is 1. The Morgan fingerprint density at radius 2 is 1.89 bits per heavy atom. The van der Waals surface area contributed by atoms with E-state index in [4.69, 9.17) is 5.26 Å². The van der Waals surface area contributed by atoms with E-state index in [0.717, 1.165) is 27.1 Å². The molecule has 8 heteroatoms. The average Bonchev–Trinajstić information content (AvgIpc) is 2.86. The first-order valence-corrected chi connectivity index (χ1v) is 10.6. The van der Waals surface area contributed by atoms with Gasteiger partial charge in [0.25, 0.3) is 0 Å². The highest BCUT2D eigenvalue weighted by molar-refractivity contribution is 7.99. The topological polar surface area (TPSA) is 99.6 Å². The van der Waals surface area contributed by atoms with Crippen LogP contribution in [0.1, 0.15) is 16.8 Å². The highest BCUT2D eigenvalue weighted by atomic mass is 32.2. The molecule has 0 saturated heterocycles. The molecule has 0 fully saturated rings. The summed E-state index contributed by atoms with van der Waals surface area (Å²) in [5.41, 5.74) is 2.69. The third kappa shape index (κ3) is 3.84. The van der Waals surface area contributed by atoms with Crippen molar-refractivity contribution in [3.8, 4) is 6.07 Å². The second kappa shape index (κ2) is 7.10. The van der Waals surface area contributed by atoms with Crippen molar-refractivity contribution in [2.24, 2.45) is 0 Å². The maximum absolute atomic E-state index is 11.6. The lowest BCUT2D eigenvalue weighted by Crippen LogP contribution is -2.04. The molecule has 27 heavy (non-hydrogen) atoms. The zero-order valence-electron chi connectivity index (χ0n) is 14.6. The minimum Gasteiger partial charge on any atom is -0.481 e. The van der Waals surface area contributed by atoms with Crippen LogP contribution in [0.3, 0.4) is 0 Å². The molecule has 3 rings (SSSR count). The average molecular weight is 400 g/mol. The molecular weight excluding hydrogens is 384 g/mol. The number of carboxylic acids is 1. The van der Waals surface area contributed by atoms with Crippen LogP contribution in [0.25, 0.3) is 5.52 Å². The Bertz CT molecular complexity index is 1190. The second-order valence-corrected chi connectivity index (χ2v) is 9.20. The normalized spacial score (nSPS) is 11.4. The van der Waals surface area contributed by atoms with Crippen LogP contribution in [-0.4, -0.2) is 30.2 Å². The van der Waals surface area contributed by atoms with Crippen LogP contribution < -0.4 is 0 Å². The molecule has 0 aliphatic rings. The number of benzene rings is 1. The Morgan fingerprint density at radius 3 is 2.44 bits per heavy atom. The van der Waals surface area contributed by atoms with Gasteiger partial charge in [-0.2, -0.15) is 5.26 Å². The summed E-state index contributed by atoms with van der Waals surface area (Å²) in [4.78, 5) is 13.2. The van der Waals surface area contributed by atoms with E-state index in [1.807, 2.05) is 6.92 Å². The molecule has 0 spiro atoms. The molecule has 0 saturated carbocycles. The van der Waals surface area contributed by atoms with Crippen LogP contribution in [0.15, 0.2) is 57.3 Å². The minimum absolute atomic E-state index is 0.157. The molecule has 1 N–H and O–H groups in total. The van der Waals surface area contributed by atoms with Gasteiger partial charge in [0.1, 0.15) is 6.07 Å². The summed E-state index contributed by atoms with van der Waals surface area (Å²) in [6.07, 6.45) is 2.64. The van der Waals surface area contributed by atoms with E-state index in [0.29, 0.717) is 11.3 Å². The largest absolute Gasteiger partial charge is 0.481 e. The Balaban J connectivity index is 2.10. The molecule has 6 nitrogen and oxygen atoms in total. The van der Waals surface area contributed by atoms with Crippen molar-refractivity contribution in [2.45, 2.75) is 28.0 Å². The molecule has 2 heterocycles. The van der Waals surface area contributed by atoms with Crippen molar-refractivity contribution in [1.82, 2.24) is 4.40 Å². The van der Waals surface area contributed by atoms with E-state index < -0.39 is 15.8 Å². The first-order valence-electron chi connectivity index (χ1n) is 7.94. The van der Waals surface area contributed by atoms with Crippen LogP contribution in [0, 0.1) is 18.3 Å². The van der Waals surface area contributed by atoms with Crippen molar-refractivity contribution in [2.75, 3.05) is 6.26 Å². The highest BCUT2D eigenvalue weighted by Gasteiger charge is 2.18. The van der Waals surface area contributed by atoms with Crippen LogP contribution in [0.2, 0.25) is 0 Å². The minimum atomic E-state index is -3.26. The molecule has 0 bridgehead atoms. The number of aliphatic carboxylic acids is 1. The summed E-state index contributed by atoms with van der Waals surface area (Å²) in [6, 6.07) is 12.1. The fourth-order valence-electron chi connectivity index (χ4n) is 2.84. The van der Waals surface area contributed by atoms with Gasteiger partial charge < -0.3 is 9.51 Å². The van der Waals surface area contributed by atoms with Crippen molar-refractivity contribution in [3.63, 3.8) is 0 Å². The fourth-order valence-corrected chi connectivity index (χ4v) is 4.52. The SMILES string of the molecule is Cc1c(Sc2ccc(S(C)(=O)=O)cc2)c2ccc(C#N)cn2c1CC(=O)O. The zero-order chi connectivity index (χ0) is 19.8. The molecule has 1 aromatic carbocycles. The summed E-state index contributed by atoms with van der Waals surface area (Å²) >= 11 is 1.43. The van der Waals surface area contributed by atoms with Crippen molar-refractivity contribution >= 4 is 33.1 Å². The van der Waals surface area contributed by atoms with Crippen molar-refractivity contribution < 1.29 is 18.3 Å². The first kappa shape index (κ1) is 19.0. The molecule has 2 aromatic heterocycles. The molecule has 138 valence electrons. The Morgan fingerprint density at radius 1 is 1.22 bits per heavy atom. The Kier molecular flexibility index (Phi) is 5.00. The van der Waals surface area contributed by atoms with Gasteiger partial charge in [0.05, 0.1) is 22.4 Å². The first-order chi connectivity index (χ1) is 12.7. The number of sulfone groups is 1. The van der Waals surface area contributed by atoms with E-state index in [-0.39, 0.29) is 11.3 Å². The summed E-state index contributed by atoms with van der Waals surface area (Å²) in [5.74, 6) is -0.950. The lowest BCUT2D eigenvalue weighted by Gasteiger charge is -2.04. The van der Waals surface area contributed by atoms with Gasteiger partial charge >= 0.3 is 5.97 Å². The van der Waals surface area contributed by atoms with Crippen molar-refractivity contribution in [1.29, 1.82) is 5.26 Å².